The van der Waals surface area contributed by atoms with E-state index >= 15 is 0 Å². The van der Waals surface area contributed by atoms with Crippen molar-refractivity contribution in [3.63, 3.8) is 0 Å². The van der Waals surface area contributed by atoms with Gasteiger partial charge in [-0.1, -0.05) is 60.7 Å². The lowest BCUT2D eigenvalue weighted by Crippen LogP contribution is -2.44. The van der Waals surface area contributed by atoms with Gasteiger partial charge < -0.3 is 66.1 Å². The predicted molar refractivity (Wildman–Crippen MR) is 404 cm³/mol. The Morgan fingerprint density at radius 2 is 0.864 bits per heavy atom. The molecule has 0 saturated heterocycles. The van der Waals surface area contributed by atoms with E-state index in [4.69, 9.17) is 39.1 Å². The summed E-state index contributed by atoms with van der Waals surface area (Å²) in [6.07, 6.45) is -1.11. The van der Waals surface area contributed by atoms with E-state index in [9.17, 15) is 39.0 Å². The van der Waals surface area contributed by atoms with E-state index in [1.807, 2.05) is 224 Å². The number of nitrogen functional groups attached to an aromatic ring is 1. The first-order valence-corrected chi connectivity index (χ1v) is 33.2. The Hall–Kier alpha value is -12.4. The maximum absolute atomic E-state index is 12.5. The zero-order valence-electron chi connectivity index (χ0n) is 59.8. The number of nitrogens with one attached hydrogen (secondary N) is 6. The Balaban J connectivity index is 0.000000210. The summed E-state index contributed by atoms with van der Waals surface area (Å²) in [5.74, 6) is 2.84. The fraction of sp³-hybridized carbons (Fsp3) is 0.256. The minimum absolute atomic E-state index is 0.0522. The number of anilines is 8. The van der Waals surface area contributed by atoms with Crippen molar-refractivity contribution in [1.29, 1.82) is 0 Å². The Morgan fingerprint density at radius 1 is 0.485 bits per heavy atom. The van der Waals surface area contributed by atoms with E-state index in [1.165, 1.54) is 18.2 Å². The first-order valence-electron chi connectivity index (χ1n) is 33.2. The van der Waals surface area contributed by atoms with Gasteiger partial charge in [0, 0.05) is 34.9 Å². The SMILES string of the molecule is CCOc1ccc(-n2c([C@@H](C)NC(=O)OC(C)(C)C)nc3ccccc32)cc1.CCOc1ccc(Nc2ccccc2N)cc1.CCOc1ccc(Nc2ccccc2NC(=O)[C@@H](C)NC(=O)OC(C)(C)C)cc1.CCOc1ccc(Nc2ccccc2[N+](=O)[O-])cc1.O=[N+]([O-])c1ccccc1F. The van der Waals surface area contributed by atoms with Crippen LogP contribution in [0.3, 0.4) is 0 Å². The number of ether oxygens (including phenoxy) is 6. The quantitative estimate of drug-likeness (QED) is 0.0188. The molecule has 0 fully saturated rings. The third kappa shape index (κ3) is 26.7. The molecule has 0 bridgehead atoms. The van der Waals surface area contributed by atoms with Crippen LogP contribution >= 0.6 is 0 Å². The molecule has 0 spiro atoms. The number of benzene rings is 9. The van der Waals surface area contributed by atoms with Crippen molar-refractivity contribution in [1.82, 2.24) is 20.2 Å². The van der Waals surface area contributed by atoms with E-state index in [0.717, 1.165) is 91.8 Å². The summed E-state index contributed by atoms with van der Waals surface area (Å²) in [5.41, 5.74) is 13.1. The highest BCUT2D eigenvalue weighted by Crippen LogP contribution is 2.31. The normalized spacial score (nSPS) is 11.2. The lowest BCUT2D eigenvalue weighted by Gasteiger charge is -2.22. The van der Waals surface area contributed by atoms with Crippen molar-refractivity contribution in [3.8, 4) is 28.7 Å². The number of amides is 3. The number of nitrogens with zero attached hydrogens (tertiary/aromatic N) is 4. The summed E-state index contributed by atoms with van der Waals surface area (Å²) in [6, 6.07) is 63.9. The van der Waals surface area contributed by atoms with E-state index in [1.54, 1.807) is 52.0 Å². The molecule has 0 aliphatic heterocycles. The molecule has 0 radical (unpaired) electrons. The Kier molecular flexibility index (Phi) is 30.4. The Labute approximate surface area is 599 Å². The molecule has 25 heteroatoms. The molecule has 2 atom stereocenters. The number of hydrogen-bond acceptors (Lipinski definition) is 18. The number of aromatic nitrogens is 2. The van der Waals surface area contributed by atoms with Crippen LogP contribution in [-0.2, 0) is 14.3 Å². The van der Waals surface area contributed by atoms with Crippen molar-refractivity contribution in [2.45, 2.75) is 106 Å². The third-order valence-corrected chi connectivity index (χ3v) is 13.9. The minimum atomic E-state index is -0.799. The Morgan fingerprint density at radius 3 is 1.31 bits per heavy atom. The fourth-order valence-electron chi connectivity index (χ4n) is 9.32. The van der Waals surface area contributed by atoms with Crippen LogP contribution in [0.5, 0.6) is 23.0 Å². The number of carbonyl (C=O) groups is 3. The number of imidazole rings is 1. The first-order chi connectivity index (χ1) is 49.2. The molecule has 0 aliphatic rings. The molecule has 10 aromatic rings. The molecule has 0 saturated carbocycles. The summed E-state index contributed by atoms with van der Waals surface area (Å²) in [6.45, 7) is 24.6. The maximum Gasteiger partial charge on any atom is 0.408 e. The number of fused-ring (bicyclic) bond motifs is 1. The number of alkyl carbamates (subject to hydrolysis) is 2. The largest absolute Gasteiger partial charge is 0.494 e. The van der Waals surface area contributed by atoms with Crippen molar-refractivity contribution in [3.05, 3.63) is 250 Å². The van der Waals surface area contributed by atoms with Crippen molar-refractivity contribution < 1.29 is 57.0 Å². The van der Waals surface area contributed by atoms with Gasteiger partial charge in [-0.3, -0.25) is 29.6 Å². The molecule has 8 N–H and O–H groups in total. The minimum Gasteiger partial charge on any atom is -0.494 e. The van der Waals surface area contributed by atoms with Crippen molar-refractivity contribution in [2.24, 2.45) is 0 Å². The van der Waals surface area contributed by atoms with Crippen LogP contribution in [0.15, 0.2) is 218 Å². The van der Waals surface area contributed by atoms with Crippen LogP contribution in [0.25, 0.3) is 16.7 Å². The topological polar surface area (TPSA) is 309 Å². The van der Waals surface area contributed by atoms with Gasteiger partial charge in [-0.2, -0.15) is 4.39 Å². The summed E-state index contributed by atoms with van der Waals surface area (Å²) in [5, 5.41) is 38.7. The van der Waals surface area contributed by atoms with Crippen molar-refractivity contribution in [2.75, 3.05) is 53.4 Å². The molecule has 103 heavy (non-hydrogen) atoms. The van der Waals surface area contributed by atoms with E-state index in [0.29, 0.717) is 37.8 Å². The monoisotopic (exact) mass is 1410 g/mol. The number of hydrogen-bond donors (Lipinski definition) is 7. The predicted octanol–water partition coefficient (Wildman–Crippen LogP) is 18.6. The average Bonchev–Trinajstić information content (AvgIpc) is 1.63. The Bertz CT molecular complexity index is 4340. The van der Waals surface area contributed by atoms with Gasteiger partial charge in [0.25, 0.3) is 5.69 Å². The first kappa shape index (κ1) is 79.6. The molecule has 24 nitrogen and oxygen atoms in total. The van der Waals surface area contributed by atoms with Gasteiger partial charge in [0.15, 0.2) is 0 Å². The zero-order valence-corrected chi connectivity index (χ0v) is 59.8. The highest BCUT2D eigenvalue weighted by atomic mass is 19.1. The van der Waals surface area contributed by atoms with E-state index in [2.05, 4.69) is 31.9 Å². The maximum atomic E-state index is 12.5. The molecule has 0 unspecified atom stereocenters. The van der Waals surface area contributed by atoms with Gasteiger partial charge in [0.05, 0.1) is 76.1 Å². The number of para-hydroxylation sites is 9. The van der Waals surface area contributed by atoms with Gasteiger partial charge in [-0.25, -0.2) is 14.6 Å². The highest BCUT2D eigenvalue weighted by molar-refractivity contribution is 5.99. The standard InChI is InChI=1S/C22H29N3O4.C22H27N3O3.C14H14N2O3.C14H16N2O.C6H4FNO2/c1-6-28-17-13-11-16(12-14-17)24-18-9-7-8-10-19(18)25-20(26)15(2)23-21(27)29-22(3,4)5;1-6-27-17-13-11-16(12-14-17)25-19-10-8-7-9-18(19)24-20(25)15(2)23-21(26)28-22(3,4)5;1-2-19-12-9-7-11(8-10-12)15-13-5-3-4-6-14(13)16(17)18;1-2-17-12-9-7-11(8-10-12)16-14-6-4-3-5-13(14)15;7-5-3-1-2-4-6(5)8(9)10/h7-15,24H,6H2,1-5H3,(H,23,27)(H,25,26);7-15H,6H2,1-5H3,(H,23,26);3-10,15H,2H2,1H3;3-10,16H,2,15H2,1H3;1-4H/t2*15-;;;/m11.../s1. The van der Waals surface area contributed by atoms with E-state index < -0.39 is 50.8 Å². The molecule has 1 heterocycles. The third-order valence-electron chi connectivity index (χ3n) is 13.9. The summed E-state index contributed by atoms with van der Waals surface area (Å²) < 4.78 is 46.7. The lowest BCUT2D eigenvalue weighted by atomic mass is 10.2. The molecule has 3 amide bonds. The van der Waals surface area contributed by atoms with Crippen molar-refractivity contribution >= 4 is 86.0 Å². The molecule has 542 valence electrons. The fourth-order valence-corrected chi connectivity index (χ4v) is 9.32. The summed E-state index contributed by atoms with van der Waals surface area (Å²) in [7, 11) is 0. The zero-order chi connectivity index (χ0) is 75.1. The van der Waals surface area contributed by atoms with Crippen LogP contribution < -0.4 is 56.6 Å². The molecule has 10 rings (SSSR count). The number of nitro groups is 2. The molecule has 9 aromatic carbocycles. The van der Waals surface area contributed by atoms with Gasteiger partial charge >= 0.3 is 17.9 Å². The van der Waals surface area contributed by atoms with E-state index in [-0.39, 0.29) is 17.6 Å². The molecular formula is C78H90FN11O13. The smallest absolute Gasteiger partial charge is 0.408 e. The van der Waals surface area contributed by atoms with Gasteiger partial charge in [-0.15, -0.1) is 0 Å². The van der Waals surface area contributed by atoms with Crippen LogP contribution in [0, 0.1) is 26.0 Å². The number of nitro benzene ring substituents is 2. The van der Waals surface area contributed by atoms with Gasteiger partial charge in [0.2, 0.25) is 11.7 Å². The van der Waals surface area contributed by atoms with Gasteiger partial charge in [0.1, 0.15) is 51.8 Å². The number of halogens is 1. The second kappa shape index (κ2) is 39.4. The van der Waals surface area contributed by atoms with Gasteiger partial charge in [-0.05, 0) is 229 Å². The molecule has 0 aliphatic carbocycles. The number of carbonyl (C=O) groups excluding carboxylic acids is 3. The van der Waals surface area contributed by atoms with Crippen LogP contribution in [0.4, 0.5) is 70.9 Å². The highest BCUT2D eigenvalue weighted by Gasteiger charge is 2.25. The van der Waals surface area contributed by atoms with Crippen LogP contribution in [0.2, 0.25) is 0 Å². The molecule has 1 aromatic heterocycles. The lowest BCUT2D eigenvalue weighted by molar-refractivity contribution is -0.387. The van der Waals surface area contributed by atoms with Crippen LogP contribution in [0.1, 0.15) is 95.0 Å². The van der Waals surface area contributed by atoms with Crippen LogP contribution in [-0.4, -0.2) is 81.2 Å². The molecular weight excluding hydrogens is 1320 g/mol. The summed E-state index contributed by atoms with van der Waals surface area (Å²) in [4.78, 5) is 61.1. The number of rotatable bonds is 22. The number of nitrogens with two attached hydrogens (primary N) is 1. The average molecular weight is 1410 g/mol. The second-order valence-corrected chi connectivity index (χ2v) is 24.3. The summed E-state index contributed by atoms with van der Waals surface area (Å²) >= 11 is 0. The second-order valence-electron chi connectivity index (χ2n) is 24.3.